The molecule has 2 aromatic rings. The van der Waals surface area contributed by atoms with Gasteiger partial charge in [0.05, 0.1) is 11.7 Å². The van der Waals surface area contributed by atoms with Crippen LogP contribution in [-0.4, -0.2) is 38.1 Å². The summed E-state index contributed by atoms with van der Waals surface area (Å²) >= 11 is 0. The Balaban J connectivity index is 1.76. The molecule has 5 heteroatoms. The van der Waals surface area contributed by atoms with E-state index >= 15 is 0 Å². The van der Waals surface area contributed by atoms with Gasteiger partial charge in [0.15, 0.2) is 5.65 Å². The molecule has 3 rings (SSSR count). The van der Waals surface area contributed by atoms with Gasteiger partial charge in [-0.25, -0.2) is 9.97 Å². The van der Waals surface area contributed by atoms with Crippen LogP contribution in [0.25, 0.3) is 11.0 Å². The van der Waals surface area contributed by atoms with E-state index in [0.29, 0.717) is 23.1 Å². The number of rotatable bonds is 4. The topological polar surface area (TPSA) is 51.0 Å². The van der Waals surface area contributed by atoms with Crippen LogP contribution in [0.5, 0.6) is 0 Å². The van der Waals surface area contributed by atoms with Crippen LogP contribution in [-0.2, 0) is 6.54 Å². The van der Waals surface area contributed by atoms with Crippen LogP contribution in [0.15, 0.2) is 29.5 Å². The van der Waals surface area contributed by atoms with Crippen LogP contribution in [0.3, 0.4) is 0 Å². The zero-order chi connectivity index (χ0) is 15.5. The second kappa shape index (κ2) is 6.57. The van der Waals surface area contributed by atoms with Gasteiger partial charge in [0.2, 0.25) is 0 Å². The van der Waals surface area contributed by atoms with Crippen molar-refractivity contribution in [3.8, 4) is 0 Å². The summed E-state index contributed by atoms with van der Waals surface area (Å²) in [4.78, 5) is 23.5. The smallest absolute Gasteiger partial charge is 0.262 e. The number of piperidine rings is 1. The Morgan fingerprint density at radius 3 is 3.00 bits per heavy atom. The molecule has 0 saturated carbocycles. The first-order valence-electron chi connectivity index (χ1n) is 8.22. The first-order chi connectivity index (χ1) is 10.7. The van der Waals surface area contributed by atoms with Gasteiger partial charge in [-0.3, -0.25) is 14.3 Å². The van der Waals surface area contributed by atoms with Gasteiger partial charge in [-0.1, -0.05) is 6.42 Å². The van der Waals surface area contributed by atoms with E-state index in [0.717, 1.165) is 13.0 Å². The number of hydrogen-bond acceptors (Lipinski definition) is 4. The van der Waals surface area contributed by atoms with Crippen LogP contribution >= 0.6 is 0 Å². The van der Waals surface area contributed by atoms with Crippen LogP contribution in [0, 0.1) is 0 Å². The van der Waals surface area contributed by atoms with E-state index in [1.54, 1.807) is 29.2 Å². The molecule has 1 fully saturated rings. The minimum absolute atomic E-state index is 0.0185. The van der Waals surface area contributed by atoms with Crippen molar-refractivity contribution in [3.63, 3.8) is 0 Å². The maximum atomic E-state index is 12.5. The lowest BCUT2D eigenvalue weighted by Crippen LogP contribution is -2.44. The van der Waals surface area contributed by atoms with Crippen molar-refractivity contribution in [2.45, 2.75) is 58.2 Å². The molecule has 0 N–H and O–H groups in total. The molecule has 0 unspecified atom stereocenters. The zero-order valence-electron chi connectivity index (χ0n) is 13.4. The Labute approximate surface area is 131 Å². The van der Waals surface area contributed by atoms with Gasteiger partial charge in [0.25, 0.3) is 5.56 Å². The largest absolute Gasteiger partial charge is 0.299 e. The first-order valence-corrected chi connectivity index (χ1v) is 8.22. The fourth-order valence-electron chi connectivity index (χ4n) is 3.46. The number of likely N-dealkylation sites (tertiary alicyclic amines) is 1. The van der Waals surface area contributed by atoms with Crippen molar-refractivity contribution < 1.29 is 0 Å². The lowest BCUT2D eigenvalue weighted by atomic mass is 9.98. The van der Waals surface area contributed by atoms with Gasteiger partial charge < -0.3 is 0 Å². The molecule has 1 aliphatic rings. The van der Waals surface area contributed by atoms with E-state index < -0.39 is 0 Å². The number of fused-ring (bicyclic) bond motifs is 1. The number of pyridine rings is 1. The van der Waals surface area contributed by atoms with Gasteiger partial charge in [0.1, 0.15) is 0 Å². The summed E-state index contributed by atoms with van der Waals surface area (Å²) in [6.45, 7) is 6.42. The van der Waals surface area contributed by atoms with Crippen molar-refractivity contribution in [1.29, 1.82) is 0 Å². The number of aryl methyl sites for hydroxylation is 1. The van der Waals surface area contributed by atoms with E-state index in [1.807, 2.05) is 0 Å². The number of nitrogens with zero attached hydrogens (tertiary/aromatic N) is 4. The predicted molar refractivity (Wildman–Crippen MR) is 87.9 cm³/mol. The standard InChI is InChI=1S/C17H24N4O/c1-13(2)21-10-4-3-6-14(21)8-11-20-12-19-16-15(17(20)22)7-5-9-18-16/h5,7,9,12-14H,3-4,6,8,10-11H2,1-2H3/t14-/m1/s1. The molecule has 0 aliphatic carbocycles. The van der Waals surface area contributed by atoms with Crippen molar-refractivity contribution in [1.82, 2.24) is 19.4 Å². The van der Waals surface area contributed by atoms with E-state index in [9.17, 15) is 4.79 Å². The average Bonchev–Trinajstić information content (AvgIpc) is 2.55. The first kappa shape index (κ1) is 15.2. The van der Waals surface area contributed by atoms with Crippen LogP contribution < -0.4 is 5.56 Å². The highest BCUT2D eigenvalue weighted by Crippen LogP contribution is 2.22. The summed E-state index contributed by atoms with van der Waals surface area (Å²) in [6.07, 6.45) is 8.13. The van der Waals surface area contributed by atoms with Crippen molar-refractivity contribution >= 4 is 11.0 Å². The van der Waals surface area contributed by atoms with Gasteiger partial charge in [-0.05, 0) is 51.8 Å². The Hall–Kier alpha value is -1.75. The molecular formula is C17H24N4O. The zero-order valence-corrected chi connectivity index (χ0v) is 13.4. The fraction of sp³-hybridized carbons (Fsp3) is 0.588. The molecule has 0 aromatic carbocycles. The third-order valence-electron chi connectivity index (χ3n) is 4.64. The Morgan fingerprint density at radius 1 is 1.32 bits per heavy atom. The summed E-state index contributed by atoms with van der Waals surface area (Å²) < 4.78 is 1.73. The quantitative estimate of drug-likeness (QED) is 0.870. The third-order valence-corrected chi connectivity index (χ3v) is 4.64. The summed E-state index contributed by atoms with van der Waals surface area (Å²) in [5, 5.41) is 0.606. The highest BCUT2D eigenvalue weighted by atomic mass is 16.1. The molecule has 0 amide bonds. The highest BCUT2D eigenvalue weighted by molar-refractivity contribution is 5.72. The summed E-state index contributed by atoms with van der Waals surface area (Å²) in [5.41, 5.74) is 0.551. The molecule has 0 bridgehead atoms. The summed E-state index contributed by atoms with van der Waals surface area (Å²) in [5.74, 6) is 0. The lowest BCUT2D eigenvalue weighted by molar-refractivity contribution is 0.102. The van der Waals surface area contributed by atoms with E-state index in [1.165, 1.54) is 25.8 Å². The molecule has 5 nitrogen and oxygen atoms in total. The molecule has 118 valence electrons. The molecule has 0 radical (unpaired) electrons. The van der Waals surface area contributed by atoms with Crippen LogP contribution in [0.1, 0.15) is 39.5 Å². The van der Waals surface area contributed by atoms with Crippen molar-refractivity contribution in [2.75, 3.05) is 6.54 Å². The van der Waals surface area contributed by atoms with E-state index in [-0.39, 0.29) is 5.56 Å². The third kappa shape index (κ3) is 3.04. The second-order valence-corrected chi connectivity index (χ2v) is 6.39. The van der Waals surface area contributed by atoms with Crippen molar-refractivity contribution in [3.05, 3.63) is 35.0 Å². The maximum Gasteiger partial charge on any atom is 0.262 e. The molecule has 1 aliphatic heterocycles. The van der Waals surface area contributed by atoms with Gasteiger partial charge in [-0.15, -0.1) is 0 Å². The van der Waals surface area contributed by atoms with Crippen LogP contribution in [0.2, 0.25) is 0 Å². The van der Waals surface area contributed by atoms with Crippen molar-refractivity contribution in [2.24, 2.45) is 0 Å². The SMILES string of the molecule is CC(C)N1CCCC[C@@H]1CCn1cnc2ncccc2c1=O. The van der Waals surface area contributed by atoms with E-state index in [4.69, 9.17) is 0 Å². The Kier molecular flexibility index (Phi) is 4.52. The maximum absolute atomic E-state index is 12.5. The lowest BCUT2D eigenvalue weighted by Gasteiger charge is -2.38. The molecule has 3 heterocycles. The molecule has 1 atom stereocenters. The van der Waals surface area contributed by atoms with Gasteiger partial charge >= 0.3 is 0 Å². The van der Waals surface area contributed by atoms with Gasteiger partial charge in [0, 0.05) is 24.8 Å². The Morgan fingerprint density at radius 2 is 2.18 bits per heavy atom. The average molecular weight is 300 g/mol. The molecule has 2 aromatic heterocycles. The van der Waals surface area contributed by atoms with Gasteiger partial charge in [-0.2, -0.15) is 0 Å². The molecule has 22 heavy (non-hydrogen) atoms. The molecular weight excluding hydrogens is 276 g/mol. The Bertz CT molecular complexity index is 694. The van der Waals surface area contributed by atoms with Crippen LogP contribution in [0.4, 0.5) is 0 Å². The normalized spacial score (nSPS) is 19.9. The summed E-state index contributed by atoms with van der Waals surface area (Å²) in [6, 6.07) is 4.73. The summed E-state index contributed by atoms with van der Waals surface area (Å²) in [7, 11) is 0. The van der Waals surface area contributed by atoms with E-state index in [2.05, 4.69) is 28.7 Å². The fourth-order valence-corrected chi connectivity index (χ4v) is 3.46. The molecule has 0 spiro atoms. The number of hydrogen-bond donors (Lipinski definition) is 0. The second-order valence-electron chi connectivity index (χ2n) is 6.39. The minimum atomic E-state index is 0.0185. The monoisotopic (exact) mass is 300 g/mol. The predicted octanol–water partition coefficient (Wildman–Crippen LogP) is 2.44. The number of aromatic nitrogens is 3. The highest BCUT2D eigenvalue weighted by Gasteiger charge is 2.24. The minimum Gasteiger partial charge on any atom is -0.299 e. The molecule has 1 saturated heterocycles.